The number of allylic oxidation sites excluding steroid dienone is 1. The first-order valence-corrected chi connectivity index (χ1v) is 8.45. The molecule has 0 atom stereocenters. The fraction of sp³-hybridized carbons (Fsp3) is 0.190. The number of hydrogen-bond acceptors (Lipinski definition) is 4. The molecule has 0 saturated heterocycles. The summed E-state index contributed by atoms with van der Waals surface area (Å²) < 4.78 is 17.0. The van der Waals surface area contributed by atoms with Crippen LogP contribution in [0.3, 0.4) is 0 Å². The highest BCUT2D eigenvalue weighted by Crippen LogP contribution is 2.34. The Balaban J connectivity index is 1.74. The SMILES string of the molecule is O=c1c(-c2ccc3c(c2)OCCO3)coc2ccc3c(c12)C=CCC3. The van der Waals surface area contributed by atoms with E-state index in [0.29, 0.717) is 41.2 Å². The zero-order chi connectivity index (χ0) is 16.8. The van der Waals surface area contributed by atoms with Gasteiger partial charge in [0.05, 0.1) is 10.9 Å². The number of benzene rings is 2. The van der Waals surface area contributed by atoms with Crippen LogP contribution in [0.25, 0.3) is 28.2 Å². The van der Waals surface area contributed by atoms with Gasteiger partial charge in [-0.25, -0.2) is 0 Å². The summed E-state index contributed by atoms with van der Waals surface area (Å²) in [6.07, 6.45) is 7.64. The van der Waals surface area contributed by atoms with Gasteiger partial charge in [0.2, 0.25) is 5.43 Å². The summed E-state index contributed by atoms with van der Waals surface area (Å²) in [4.78, 5) is 13.2. The van der Waals surface area contributed by atoms with Crippen molar-refractivity contribution in [3.05, 3.63) is 64.0 Å². The Hall–Kier alpha value is -3.01. The number of ether oxygens (including phenoxy) is 2. The minimum absolute atomic E-state index is 0.0127. The Labute approximate surface area is 144 Å². The highest BCUT2D eigenvalue weighted by atomic mass is 16.6. The number of aryl methyl sites for hydroxylation is 1. The van der Waals surface area contributed by atoms with E-state index < -0.39 is 0 Å². The van der Waals surface area contributed by atoms with Crippen LogP contribution in [-0.2, 0) is 6.42 Å². The van der Waals surface area contributed by atoms with Crippen molar-refractivity contribution in [2.24, 2.45) is 0 Å². The van der Waals surface area contributed by atoms with Crippen molar-refractivity contribution in [1.82, 2.24) is 0 Å². The van der Waals surface area contributed by atoms with E-state index in [9.17, 15) is 4.79 Å². The van der Waals surface area contributed by atoms with Gasteiger partial charge in [0.25, 0.3) is 0 Å². The Morgan fingerprint density at radius 2 is 1.84 bits per heavy atom. The smallest absolute Gasteiger partial charge is 0.201 e. The standard InChI is InChI=1S/C21H16O4/c22-21-16(14-6-7-17-19(11-14)24-10-9-23-17)12-25-18-8-5-13-3-1-2-4-15(13)20(18)21/h2,4-8,11-12H,1,3,9-10H2. The van der Waals surface area contributed by atoms with E-state index in [0.717, 1.165) is 24.0 Å². The third kappa shape index (κ3) is 2.25. The van der Waals surface area contributed by atoms with Crippen molar-refractivity contribution >= 4 is 17.0 Å². The summed E-state index contributed by atoms with van der Waals surface area (Å²) in [5.74, 6) is 1.37. The molecular weight excluding hydrogens is 316 g/mol. The largest absolute Gasteiger partial charge is 0.486 e. The minimum Gasteiger partial charge on any atom is -0.486 e. The lowest BCUT2D eigenvalue weighted by Crippen LogP contribution is -2.15. The van der Waals surface area contributed by atoms with Gasteiger partial charge < -0.3 is 13.9 Å². The first-order valence-electron chi connectivity index (χ1n) is 8.45. The molecule has 3 aromatic rings. The lowest BCUT2D eigenvalue weighted by atomic mass is 9.93. The summed E-state index contributed by atoms with van der Waals surface area (Å²) in [7, 11) is 0. The molecule has 4 nitrogen and oxygen atoms in total. The molecule has 4 heteroatoms. The second-order valence-electron chi connectivity index (χ2n) is 6.29. The van der Waals surface area contributed by atoms with Crippen molar-refractivity contribution < 1.29 is 13.9 Å². The molecule has 25 heavy (non-hydrogen) atoms. The van der Waals surface area contributed by atoms with E-state index in [1.807, 2.05) is 36.4 Å². The van der Waals surface area contributed by atoms with E-state index in [1.54, 1.807) is 0 Å². The molecule has 0 spiro atoms. The Morgan fingerprint density at radius 1 is 0.960 bits per heavy atom. The van der Waals surface area contributed by atoms with Crippen LogP contribution in [0.2, 0.25) is 0 Å². The number of fused-ring (bicyclic) bond motifs is 4. The predicted molar refractivity (Wildman–Crippen MR) is 96.3 cm³/mol. The zero-order valence-electron chi connectivity index (χ0n) is 13.6. The molecule has 1 aliphatic carbocycles. The summed E-state index contributed by atoms with van der Waals surface area (Å²) in [6, 6.07) is 9.50. The molecule has 2 aliphatic rings. The summed E-state index contributed by atoms with van der Waals surface area (Å²) >= 11 is 0. The second kappa shape index (κ2) is 5.52. The summed E-state index contributed by atoms with van der Waals surface area (Å²) in [5.41, 5.74) is 4.10. The average Bonchev–Trinajstić information content (AvgIpc) is 2.67. The van der Waals surface area contributed by atoms with Gasteiger partial charge in [-0.1, -0.05) is 24.3 Å². The summed E-state index contributed by atoms with van der Waals surface area (Å²) in [6.45, 7) is 1.06. The van der Waals surface area contributed by atoms with Gasteiger partial charge in [0.15, 0.2) is 11.5 Å². The minimum atomic E-state index is -0.0127. The highest BCUT2D eigenvalue weighted by Gasteiger charge is 2.18. The molecule has 0 saturated carbocycles. The molecule has 0 radical (unpaired) electrons. The van der Waals surface area contributed by atoms with Crippen LogP contribution < -0.4 is 14.9 Å². The molecule has 1 aromatic heterocycles. The van der Waals surface area contributed by atoms with Crippen LogP contribution in [0.4, 0.5) is 0 Å². The third-order valence-electron chi connectivity index (χ3n) is 4.79. The lowest BCUT2D eigenvalue weighted by Gasteiger charge is -2.19. The van der Waals surface area contributed by atoms with Crippen molar-refractivity contribution in [2.45, 2.75) is 12.8 Å². The molecule has 0 bridgehead atoms. The fourth-order valence-electron chi connectivity index (χ4n) is 3.54. The normalized spacial score (nSPS) is 15.2. The van der Waals surface area contributed by atoms with Gasteiger partial charge in [0.1, 0.15) is 25.1 Å². The van der Waals surface area contributed by atoms with Crippen molar-refractivity contribution in [1.29, 1.82) is 0 Å². The summed E-state index contributed by atoms with van der Waals surface area (Å²) in [5, 5.41) is 0.654. The molecule has 1 aliphatic heterocycles. The Bertz CT molecular complexity index is 1080. The van der Waals surface area contributed by atoms with Gasteiger partial charge in [0, 0.05) is 0 Å². The molecule has 2 heterocycles. The molecule has 5 rings (SSSR count). The average molecular weight is 332 g/mol. The number of hydrogen-bond donors (Lipinski definition) is 0. The Morgan fingerprint density at radius 3 is 2.76 bits per heavy atom. The highest BCUT2D eigenvalue weighted by molar-refractivity contribution is 5.91. The van der Waals surface area contributed by atoms with Crippen LogP contribution in [0.1, 0.15) is 17.5 Å². The monoisotopic (exact) mass is 332 g/mol. The van der Waals surface area contributed by atoms with Crippen LogP contribution in [-0.4, -0.2) is 13.2 Å². The maximum absolute atomic E-state index is 13.2. The maximum atomic E-state index is 13.2. The molecule has 0 amide bonds. The van der Waals surface area contributed by atoms with Crippen LogP contribution in [0.5, 0.6) is 11.5 Å². The van der Waals surface area contributed by atoms with E-state index in [4.69, 9.17) is 13.9 Å². The van der Waals surface area contributed by atoms with Crippen LogP contribution in [0, 0.1) is 0 Å². The van der Waals surface area contributed by atoms with E-state index in [1.165, 1.54) is 11.8 Å². The van der Waals surface area contributed by atoms with Gasteiger partial charge in [-0.2, -0.15) is 0 Å². The number of rotatable bonds is 1. The molecule has 2 aromatic carbocycles. The van der Waals surface area contributed by atoms with Gasteiger partial charge in [-0.15, -0.1) is 0 Å². The maximum Gasteiger partial charge on any atom is 0.201 e. The molecule has 0 unspecified atom stereocenters. The van der Waals surface area contributed by atoms with E-state index in [2.05, 4.69) is 6.08 Å². The first kappa shape index (κ1) is 14.3. The molecule has 0 fully saturated rings. The van der Waals surface area contributed by atoms with E-state index >= 15 is 0 Å². The quantitative estimate of drug-likeness (QED) is 0.670. The predicted octanol–water partition coefficient (Wildman–Crippen LogP) is 4.19. The third-order valence-corrected chi connectivity index (χ3v) is 4.79. The molecular formula is C21H16O4. The van der Waals surface area contributed by atoms with Crippen LogP contribution >= 0.6 is 0 Å². The van der Waals surface area contributed by atoms with Crippen LogP contribution in [0.15, 0.2) is 51.9 Å². The van der Waals surface area contributed by atoms with Gasteiger partial charge in [-0.3, -0.25) is 4.79 Å². The van der Waals surface area contributed by atoms with Gasteiger partial charge >= 0.3 is 0 Å². The zero-order valence-corrected chi connectivity index (χ0v) is 13.6. The van der Waals surface area contributed by atoms with Crippen molar-refractivity contribution in [2.75, 3.05) is 13.2 Å². The Kier molecular flexibility index (Phi) is 3.17. The van der Waals surface area contributed by atoms with Gasteiger partial charge in [-0.05, 0) is 47.7 Å². The first-order chi connectivity index (χ1) is 12.3. The topological polar surface area (TPSA) is 48.7 Å². The van der Waals surface area contributed by atoms with Crippen molar-refractivity contribution in [3.63, 3.8) is 0 Å². The van der Waals surface area contributed by atoms with E-state index in [-0.39, 0.29) is 5.43 Å². The second-order valence-corrected chi connectivity index (χ2v) is 6.29. The van der Waals surface area contributed by atoms with Crippen molar-refractivity contribution in [3.8, 4) is 22.6 Å². The fourth-order valence-corrected chi connectivity index (χ4v) is 3.54. The molecule has 124 valence electrons. The lowest BCUT2D eigenvalue weighted by molar-refractivity contribution is 0.171. The molecule has 0 N–H and O–H groups in total.